The van der Waals surface area contributed by atoms with Crippen LogP contribution in [-0.4, -0.2) is 5.11 Å². The van der Waals surface area contributed by atoms with E-state index in [1.54, 1.807) is 12.1 Å². The van der Waals surface area contributed by atoms with Gasteiger partial charge in [-0.2, -0.15) is 0 Å². The third kappa shape index (κ3) is 2.93. The topological polar surface area (TPSA) is 20.2 Å². The van der Waals surface area contributed by atoms with E-state index in [1.807, 2.05) is 18.2 Å². The van der Waals surface area contributed by atoms with Gasteiger partial charge in [-0.25, -0.2) is 0 Å². The minimum atomic E-state index is -0.0328. The number of phenols is 1. The van der Waals surface area contributed by atoms with E-state index in [9.17, 15) is 5.11 Å². The molecule has 1 radical (unpaired) electrons. The molecule has 0 amide bonds. The molecule has 2 aromatic rings. The summed E-state index contributed by atoms with van der Waals surface area (Å²) in [5.74, 6) is 0.313. The van der Waals surface area contributed by atoms with Crippen LogP contribution in [0.3, 0.4) is 0 Å². The van der Waals surface area contributed by atoms with Gasteiger partial charge in [-0.1, -0.05) is 56.3 Å². The molecule has 0 bridgehead atoms. The van der Waals surface area contributed by atoms with E-state index in [4.69, 9.17) is 0 Å². The normalized spacial score (nSPS) is 10.7. The Morgan fingerprint density at radius 1 is 0.765 bits per heavy atom. The van der Waals surface area contributed by atoms with Crippen LogP contribution in [0.15, 0.2) is 54.6 Å². The molecule has 1 nitrogen and oxygen atoms in total. The largest absolute Gasteiger partial charge is 0.508 e. The van der Waals surface area contributed by atoms with Crippen LogP contribution in [0.1, 0.15) is 25.0 Å². The molecule has 0 aliphatic rings. The summed E-state index contributed by atoms with van der Waals surface area (Å²) in [7, 11) is 0. The summed E-state index contributed by atoms with van der Waals surface area (Å²) < 4.78 is 0. The van der Waals surface area contributed by atoms with Gasteiger partial charge in [0.1, 0.15) is 5.75 Å². The first-order chi connectivity index (χ1) is 7.60. The molecule has 2 aromatic carbocycles. The Labute approximate surface area is 114 Å². The molecular weight excluding hydrogens is 247 g/mol. The molecule has 0 unspecified atom stereocenters. The molecule has 2 heteroatoms. The molecule has 17 heavy (non-hydrogen) atoms. The van der Waals surface area contributed by atoms with Gasteiger partial charge in [0.15, 0.2) is 0 Å². The minimum absolute atomic E-state index is 0. The van der Waals surface area contributed by atoms with Gasteiger partial charge >= 0.3 is 0 Å². The summed E-state index contributed by atoms with van der Waals surface area (Å²) >= 11 is 0. The monoisotopic (exact) mass is 263 g/mol. The first kappa shape index (κ1) is 13.9. The summed E-state index contributed by atoms with van der Waals surface area (Å²) in [6, 6.07) is 17.8. The van der Waals surface area contributed by atoms with Crippen molar-refractivity contribution < 1.29 is 23.7 Å². The van der Waals surface area contributed by atoms with Gasteiger partial charge < -0.3 is 5.11 Å². The molecule has 0 aliphatic carbocycles. The zero-order valence-electron chi connectivity index (χ0n) is 10.1. The van der Waals surface area contributed by atoms with E-state index >= 15 is 0 Å². The number of rotatable bonds is 2. The number of phenolic OH excluding ortho intramolecular Hbond substituents is 1. The van der Waals surface area contributed by atoms with Gasteiger partial charge in [-0.15, -0.1) is 0 Å². The predicted molar refractivity (Wildman–Crippen MR) is 66.7 cm³/mol. The molecule has 0 saturated heterocycles. The second-order valence-electron chi connectivity index (χ2n) is 4.54. The van der Waals surface area contributed by atoms with Crippen molar-refractivity contribution in [3.63, 3.8) is 0 Å². The Morgan fingerprint density at radius 2 is 1.24 bits per heavy atom. The van der Waals surface area contributed by atoms with Crippen LogP contribution >= 0.6 is 0 Å². The van der Waals surface area contributed by atoms with Gasteiger partial charge in [0.05, 0.1) is 0 Å². The average Bonchev–Trinajstić information content (AvgIpc) is 2.31. The summed E-state index contributed by atoms with van der Waals surface area (Å²) in [6.07, 6.45) is 0. The van der Waals surface area contributed by atoms with Crippen molar-refractivity contribution in [1.82, 2.24) is 0 Å². The van der Waals surface area contributed by atoms with E-state index in [2.05, 4.69) is 38.1 Å². The molecule has 0 saturated carbocycles. The molecule has 0 atom stereocenters. The van der Waals surface area contributed by atoms with Crippen molar-refractivity contribution in [2.24, 2.45) is 0 Å². The third-order valence-electron chi connectivity index (χ3n) is 3.08. The maximum Gasteiger partial charge on any atom is 0.115 e. The number of aromatic hydroxyl groups is 1. The first-order valence-electron chi connectivity index (χ1n) is 5.46. The van der Waals surface area contributed by atoms with Crippen molar-refractivity contribution in [3.8, 4) is 5.75 Å². The molecule has 0 aromatic heterocycles. The van der Waals surface area contributed by atoms with Gasteiger partial charge in [-0.05, 0) is 23.3 Å². The fraction of sp³-hybridized carbons (Fsp3) is 0.200. The molecule has 0 heterocycles. The predicted octanol–water partition coefficient (Wildman–Crippen LogP) is 3.72. The van der Waals surface area contributed by atoms with E-state index in [0.717, 1.165) is 0 Å². The van der Waals surface area contributed by atoms with E-state index in [0.29, 0.717) is 5.75 Å². The van der Waals surface area contributed by atoms with E-state index in [-0.39, 0.29) is 24.0 Å². The second kappa shape index (κ2) is 5.44. The van der Waals surface area contributed by atoms with Crippen LogP contribution in [0.4, 0.5) is 0 Å². The van der Waals surface area contributed by atoms with Crippen molar-refractivity contribution >= 4 is 0 Å². The smallest absolute Gasteiger partial charge is 0.115 e. The number of hydrogen-bond acceptors (Lipinski definition) is 1. The van der Waals surface area contributed by atoms with Crippen molar-refractivity contribution in [2.45, 2.75) is 19.3 Å². The van der Waals surface area contributed by atoms with Gasteiger partial charge in [0, 0.05) is 24.0 Å². The summed E-state index contributed by atoms with van der Waals surface area (Å²) in [4.78, 5) is 0. The quantitative estimate of drug-likeness (QED) is 0.875. The fourth-order valence-corrected chi connectivity index (χ4v) is 1.90. The maximum absolute atomic E-state index is 9.29. The molecule has 0 fully saturated rings. The van der Waals surface area contributed by atoms with Gasteiger partial charge in [-0.3, -0.25) is 0 Å². The second-order valence-corrected chi connectivity index (χ2v) is 4.54. The molecule has 0 spiro atoms. The number of benzene rings is 2. The Bertz CT molecular complexity index is 460. The van der Waals surface area contributed by atoms with Crippen LogP contribution in [-0.2, 0) is 24.0 Å². The van der Waals surface area contributed by atoms with Crippen LogP contribution in [0, 0.1) is 0 Å². The molecule has 87 valence electrons. The molecule has 1 N–H and O–H groups in total. The van der Waals surface area contributed by atoms with Crippen LogP contribution in [0.25, 0.3) is 0 Å². The van der Waals surface area contributed by atoms with Gasteiger partial charge in [0.2, 0.25) is 0 Å². The standard InChI is InChI=1S/C15H16O.V/c1-15(2,12-6-4-3-5-7-12)13-8-10-14(16)11-9-13;/h3-11,16H,1-2H3;. The Balaban J connectivity index is 0.00000144. The summed E-state index contributed by atoms with van der Waals surface area (Å²) in [5.41, 5.74) is 2.45. The third-order valence-corrected chi connectivity index (χ3v) is 3.08. The maximum atomic E-state index is 9.29. The minimum Gasteiger partial charge on any atom is -0.508 e. The Morgan fingerprint density at radius 3 is 1.76 bits per heavy atom. The Kier molecular flexibility index (Phi) is 4.44. The summed E-state index contributed by atoms with van der Waals surface area (Å²) in [5, 5.41) is 9.29. The zero-order chi connectivity index (χ0) is 11.6. The van der Waals surface area contributed by atoms with Crippen LogP contribution < -0.4 is 0 Å². The van der Waals surface area contributed by atoms with Crippen molar-refractivity contribution in [3.05, 3.63) is 65.7 Å². The SMILES string of the molecule is CC(C)(c1ccccc1)c1ccc(O)cc1.[V]. The van der Waals surface area contributed by atoms with Gasteiger partial charge in [0.25, 0.3) is 0 Å². The van der Waals surface area contributed by atoms with E-state index in [1.165, 1.54) is 11.1 Å². The van der Waals surface area contributed by atoms with Crippen LogP contribution in [0.2, 0.25) is 0 Å². The zero-order valence-corrected chi connectivity index (χ0v) is 11.5. The molecular formula is C15H16OV. The number of hydrogen-bond donors (Lipinski definition) is 1. The first-order valence-corrected chi connectivity index (χ1v) is 5.46. The van der Waals surface area contributed by atoms with Crippen molar-refractivity contribution in [2.75, 3.05) is 0 Å². The molecule has 2 rings (SSSR count). The summed E-state index contributed by atoms with van der Waals surface area (Å²) in [6.45, 7) is 4.38. The van der Waals surface area contributed by atoms with Crippen molar-refractivity contribution in [1.29, 1.82) is 0 Å². The van der Waals surface area contributed by atoms with Crippen LogP contribution in [0.5, 0.6) is 5.75 Å². The molecule has 0 aliphatic heterocycles. The average molecular weight is 263 g/mol. The Hall–Kier alpha value is -1.18. The fourth-order valence-electron chi connectivity index (χ4n) is 1.90. The van der Waals surface area contributed by atoms with E-state index < -0.39 is 0 Å².